The van der Waals surface area contributed by atoms with E-state index >= 15 is 0 Å². The molecule has 0 aliphatic heterocycles. The van der Waals surface area contributed by atoms with Gasteiger partial charge < -0.3 is 20.2 Å². The van der Waals surface area contributed by atoms with Crippen LogP contribution in [-0.2, 0) is 6.54 Å². The van der Waals surface area contributed by atoms with Crippen LogP contribution >= 0.6 is 11.6 Å². The minimum absolute atomic E-state index is 0.0404. The van der Waals surface area contributed by atoms with Crippen molar-refractivity contribution in [2.75, 3.05) is 5.32 Å². The van der Waals surface area contributed by atoms with Gasteiger partial charge in [-0.15, -0.1) is 0 Å². The van der Waals surface area contributed by atoms with Gasteiger partial charge in [-0.25, -0.2) is 14.0 Å². The Morgan fingerprint density at radius 1 is 1.29 bits per heavy atom. The number of carboxylic acids is 1. The summed E-state index contributed by atoms with van der Waals surface area (Å²) in [5, 5.41) is 13.6. The van der Waals surface area contributed by atoms with Crippen LogP contribution in [0.4, 0.5) is 14.9 Å². The summed E-state index contributed by atoms with van der Waals surface area (Å²) in [6, 6.07) is 5.77. The first-order chi connectivity index (χ1) is 9.95. The number of benzene rings is 1. The van der Waals surface area contributed by atoms with Crippen molar-refractivity contribution < 1.29 is 23.5 Å². The van der Waals surface area contributed by atoms with Gasteiger partial charge in [0.25, 0.3) is 0 Å². The summed E-state index contributed by atoms with van der Waals surface area (Å²) in [7, 11) is 0. The number of halogens is 2. The maximum absolute atomic E-state index is 13.4. The summed E-state index contributed by atoms with van der Waals surface area (Å²) in [6.07, 6.45) is 0. The zero-order chi connectivity index (χ0) is 15.4. The molecule has 1 heterocycles. The van der Waals surface area contributed by atoms with E-state index in [1.54, 1.807) is 0 Å². The summed E-state index contributed by atoms with van der Waals surface area (Å²) in [5.74, 6) is -1.80. The number of carboxylic acid groups (broad SMARTS) is 1. The lowest BCUT2D eigenvalue weighted by molar-refractivity contribution is 0.0660. The highest BCUT2D eigenvalue weighted by molar-refractivity contribution is 6.30. The third-order valence-electron chi connectivity index (χ3n) is 2.47. The van der Waals surface area contributed by atoms with Crippen LogP contribution in [0.3, 0.4) is 0 Å². The molecule has 2 rings (SSSR count). The minimum Gasteiger partial charge on any atom is -0.475 e. The van der Waals surface area contributed by atoms with Gasteiger partial charge in [-0.3, -0.25) is 0 Å². The van der Waals surface area contributed by atoms with Crippen LogP contribution in [0, 0.1) is 5.82 Å². The Labute approximate surface area is 123 Å². The fourth-order valence-electron chi connectivity index (χ4n) is 1.52. The maximum atomic E-state index is 13.4. The molecule has 2 aromatic rings. The van der Waals surface area contributed by atoms with Gasteiger partial charge in [0.15, 0.2) is 0 Å². The Hall–Kier alpha value is -2.54. The summed E-state index contributed by atoms with van der Waals surface area (Å²) >= 11 is 5.70. The Morgan fingerprint density at radius 2 is 2.05 bits per heavy atom. The van der Waals surface area contributed by atoms with Gasteiger partial charge in [-0.05, 0) is 30.3 Å². The quantitative estimate of drug-likeness (QED) is 0.809. The number of hydrogen-bond acceptors (Lipinski definition) is 3. The van der Waals surface area contributed by atoms with Gasteiger partial charge >= 0.3 is 12.0 Å². The van der Waals surface area contributed by atoms with Crippen LogP contribution in [0.1, 0.15) is 16.3 Å². The molecule has 1 aromatic heterocycles. The number of rotatable bonds is 4. The van der Waals surface area contributed by atoms with Crippen molar-refractivity contribution >= 4 is 29.3 Å². The molecule has 0 aliphatic carbocycles. The van der Waals surface area contributed by atoms with E-state index in [9.17, 15) is 14.0 Å². The highest BCUT2D eigenvalue weighted by atomic mass is 35.5. The van der Waals surface area contributed by atoms with Crippen molar-refractivity contribution in [2.45, 2.75) is 6.54 Å². The summed E-state index contributed by atoms with van der Waals surface area (Å²) in [4.78, 5) is 22.2. The van der Waals surface area contributed by atoms with Crippen LogP contribution in [-0.4, -0.2) is 17.1 Å². The van der Waals surface area contributed by atoms with Gasteiger partial charge in [0, 0.05) is 5.02 Å². The molecule has 0 atom stereocenters. The van der Waals surface area contributed by atoms with Crippen molar-refractivity contribution in [1.82, 2.24) is 5.32 Å². The summed E-state index contributed by atoms with van der Waals surface area (Å²) in [5.41, 5.74) is -0.0642. The van der Waals surface area contributed by atoms with Crippen molar-refractivity contribution in [2.24, 2.45) is 0 Å². The lowest BCUT2D eigenvalue weighted by Crippen LogP contribution is -2.28. The standard InChI is InChI=1S/C13H10ClFN2O4/c14-7-1-3-9(15)10(5-7)17-13(20)16-6-8-2-4-11(21-8)12(18)19/h1-5H,6H2,(H,18,19)(H2,16,17,20). The summed E-state index contributed by atoms with van der Waals surface area (Å²) < 4.78 is 18.4. The van der Waals surface area contributed by atoms with Gasteiger partial charge in [0.1, 0.15) is 11.6 Å². The molecular weight excluding hydrogens is 303 g/mol. The molecule has 21 heavy (non-hydrogen) atoms. The van der Waals surface area contributed by atoms with Crippen LogP contribution in [0.5, 0.6) is 0 Å². The van der Waals surface area contributed by atoms with E-state index < -0.39 is 17.8 Å². The predicted octanol–water partition coefficient (Wildman–Crippen LogP) is 3.09. The SMILES string of the molecule is O=C(NCc1ccc(C(=O)O)o1)Nc1cc(Cl)ccc1F. The van der Waals surface area contributed by atoms with Crippen LogP contribution in [0.2, 0.25) is 5.02 Å². The van der Waals surface area contributed by atoms with Gasteiger partial charge in [0.05, 0.1) is 12.2 Å². The molecule has 1 aromatic carbocycles. The normalized spacial score (nSPS) is 10.2. The third-order valence-corrected chi connectivity index (χ3v) is 2.71. The van der Waals surface area contributed by atoms with E-state index in [0.717, 1.165) is 6.07 Å². The minimum atomic E-state index is -1.20. The van der Waals surface area contributed by atoms with E-state index in [0.29, 0.717) is 0 Å². The van der Waals surface area contributed by atoms with Gasteiger partial charge in [0.2, 0.25) is 5.76 Å². The highest BCUT2D eigenvalue weighted by Gasteiger charge is 2.11. The number of urea groups is 1. The van der Waals surface area contributed by atoms with E-state index in [2.05, 4.69) is 10.6 Å². The van der Waals surface area contributed by atoms with E-state index in [4.69, 9.17) is 21.1 Å². The molecule has 0 fully saturated rings. The van der Waals surface area contributed by atoms with Crippen LogP contribution in [0.15, 0.2) is 34.7 Å². The molecule has 0 unspecified atom stereocenters. The monoisotopic (exact) mass is 312 g/mol. The zero-order valence-electron chi connectivity index (χ0n) is 10.5. The third kappa shape index (κ3) is 3.96. The second kappa shape index (κ2) is 6.27. The second-order valence-electron chi connectivity index (χ2n) is 4.00. The van der Waals surface area contributed by atoms with Crippen molar-refractivity contribution in [3.05, 3.63) is 52.7 Å². The first kappa shape index (κ1) is 14.9. The fraction of sp³-hybridized carbons (Fsp3) is 0.0769. The van der Waals surface area contributed by atoms with E-state index in [1.165, 1.54) is 24.3 Å². The van der Waals surface area contributed by atoms with Crippen molar-refractivity contribution in [1.29, 1.82) is 0 Å². The zero-order valence-corrected chi connectivity index (χ0v) is 11.3. The van der Waals surface area contributed by atoms with Crippen LogP contribution < -0.4 is 10.6 Å². The average molecular weight is 313 g/mol. The number of anilines is 1. The molecule has 6 nitrogen and oxygen atoms in total. The maximum Gasteiger partial charge on any atom is 0.371 e. The summed E-state index contributed by atoms with van der Waals surface area (Å²) in [6.45, 7) is -0.0404. The second-order valence-corrected chi connectivity index (χ2v) is 4.44. The largest absolute Gasteiger partial charge is 0.475 e. The van der Waals surface area contributed by atoms with Gasteiger partial charge in [-0.2, -0.15) is 0 Å². The number of carbonyl (C=O) groups is 2. The molecule has 8 heteroatoms. The van der Waals surface area contributed by atoms with Gasteiger partial charge in [-0.1, -0.05) is 11.6 Å². The number of carbonyl (C=O) groups excluding carboxylic acids is 1. The predicted molar refractivity (Wildman–Crippen MR) is 72.9 cm³/mol. The number of hydrogen-bond donors (Lipinski definition) is 3. The molecule has 0 spiro atoms. The fourth-order valence-corrected chi connectivity index (χ4v) is 1.69. The number of aromatic carboxylic acids is 1. The molecule has 0 radical (unpaired) electrons. The highest BCUT2D eigenvalue weighted by Crippen LogP contribution is 2.19. The molecular formula is C13H10ClFN2O4. The number of nitrogens with one attached hydrogen (secondary N) is 2. The molecule has 0 aliphatic rings. The molecule has 0 saturated carbocycles. The smallest absolute Gasteiger partial charge is 0.371 e. The average Bonchev–Trinajstić information content (AvgIpc) is 2.90. The number of amides is 2. The Bertz CT molecular complexity index is 687. The Kier molecular flexibility index (Phi) is 4.44. The molecule has 0 bridgehead atoms. The van der Waals surface area contributed by atoms with Crippen molar-refractivity contribution in [3.63, 3.8) is 0 Å². The first-order valence-corrected chi connectivity index (χ1v) is 6.15. The van der Waals surface area contributed by atoms with Crippen molar-refractivity contribution in [3.8, 4) is 0 Å². The topological polar surface area (TPSA) is 91.6 Å². The Balaban J connectivity index is 1.92. The van der Waals surface area contributed by atoms with E-state index in [-0.39, 0.29) is 28.8 Å². The lowest BCUT2D eigenvalue weighted by Gasteiger charge is -2.07. The molecule has 2 amide bonds. The molecule has 0 saturated heterocycles. The van der Waals surface area contributed by atoms with E-state index in [1.807, 2.05) is 0 Å². The molecule has 110 valence electrons. The lowest BCUT2D eigenvalue weighted by atomic mass is 10.3. The van der Waals surface area contributed by atoms with Crippen LogP contribution in [0.25, 0.3) is 0 Å². The molecule has 3 N–H and O–H groups in total. The first-order valence-electron chi connectivity index (χ1n) is 5.77. The number of furan rings is 1. The Morgan fingerprint density at radius 3 is 2.71 bits per heavy atom.